The van der Waals surface area contributed by atoms with Crippen LogP contribution in [0.1, 0.15) is 74.1 Å². The highest BCUT2D eigenvalue weighted by Gasteiger charge is 2.30. The second-order valence-electron chi connectivity index (χ2n) is 11.1. The lowest BCUT2D eigenvalue weighted by Gasteiger charge is -2.22. The Morgan fingerprint density at radius 1 is 1.12 bits per heavy atom. The van der Waals surface area contributed by atoms with Gasteiger partial charge in [-0.05, 0) is 81.8 Å². The summed E-state index contributed by atoms with van der Waals surface area (Å²) in [6.07, 6.45) is 2.20. The summed E-state index contributed by atoms with van der Waals surface area (Å²) in [6.45, 7) is 9.63. The quantitative estimate of drug-likeness (QED) is 0.376. The smallest absolute Gasteiger partial charge is 0.408 e. The first-order chi connectivity index (χ1) is 18.9. The minimum Gasteiger partial charge on any atom is -0.444 e. The highest BCUT2D eigenvalue weighted by molar-refractivity contribution is 5.81. The molecule has 1 aliphatic rings. The van der Waals surface area contributed by atoms with E-state index in [0.29, 0.717) is 30.6 Å². The Labute approximate surface area is 233 Å². The van der Waals surface area contributed by atoms with Crippen LogP contribution in [0, 0.1) is 12.7 Å². The van der Waals surface area contributed by atoms with Crippen molar-refractivity contribution in [1.29, 1.82) is 0 Å². The van der Waals surface area contributed by atoms with Gasteiger partial charge in [0.25, 0.3) is 5.56 Å². The molecule has 2 atom stereocenters. The molecule has 0 fully saturated rings. The minimum atomic E-state index is -0.639. The second kappa shape index (κ2) is 11.9. The van der Waals surface area contributed by atoms with Gasteiger partial charge in [0, 0.05) is 25.0 Å². The van der Waals surface area contributed by atoms with Gasteiger partial charge in [-0.25, -0.2) is 14.2 Å². The van der Waals surface area contributed by atoms with E-state index in [1.165, 1.54) is 16.7 Å². The molecule has 0 bridgehead atoms. The molecule has 0 radical (unpaired) electrons. The molecule has 3 N–H and O–H groups in total. The molecule has 0 aliphatic carbocycles. The number of hydrogen-bond acceptors (Lipinski definition) is 6. The molecule has 2 amide bonds. The summed E-state index contributed by atoms with van der Waals surface area (Å²) < 4.78 is 20.5. The number of amides is 2. The number of alkyl carbamates (subject to hydrolysis) is 1. The molecule has 40 heavy (non-hydrogen) atoms. The van der Waals surface area contributed by atoms with Gasteiger partial charge in [-0.15, -0.1) is 0 Å². The molecule has 0 spiro atoms. The third kappa shape index (κ3) is 7.25. The van der Waals surface area contributed by atoms with Crippen LogP contribution in [-0.4, -0.2) is 27.2 Å². The predicted octanol–water partition coefficient (Wildman–Crippen LogP) is 4.69. The number of aryl methyl sites for hydroxylation is 2. The van der Waals surface area contributed by atoms with E-state index in [4.69, 9.17) is 4.74 Å². The van der Waals surface area contributed by atoms with Gasteiger partial charge in [0.05, 0.1) is 6.04 Å². The first-order valence-electron chi connectivity index (χ1n) is 13.4. The van der Waals surface area contributed by atoms with Crippen molar-refractivity contribution in [2.24, 2.45) is 0 Å². The van der Waals surface area contributed by atoms with E-state index < -0.39 is 17.7 Å². The number of halogens is 1. The van der Waals surface area contributed by atoms with Crippen LogP contribution >= 0.6 is 0 Å². The molecule has 1 aliphatic heterocycles. The van der Waals surface area contributed by atoms with Gasteiger partial charge in [-0.3, -0.25) is 14.2 Å². The standard InChI is InChI=1S/C30H36FN5O4/c1-18-12-21(14-23(31)13-18)16-32-26-28(38)36-24(17-33-26)10-11-25(36)27(37)34-15-20-6-8-22(9-7-20)19(2)35-29(39)40-30(3,4)5/h6-9,12-14,17,19,25H,10-11,15-16H2,1-5H3,(H,32,33)(H,34,37)(H,35,39)/t19-,25+/m1/s1. The molecular formula is C30H36FN5O4. The zero-order chi connectivity index (χ0) is 29.0. The molecule has 10 heteroatoms. The number of fused-ring (bicyclic) bond motifs is 1. The Balaban J connectivity index is 1.36. The fraction of sp³-hybridized carbons (Fsp3) is 0.400. The average Bonchev–Trinajstić information content (AvgIpc) is 3.30. The van der Waals surface area contributed by atoms with E-state index in [-0.39, 0.29) is 35.7 Å². The Bertz CT molecular complexity index is 1430. The van der Waals surface area contributed by atoms with Crippen LogP contribution in [0.15, 0.2) is 53.5 Å². The Morgan fingerprint density at radius 2 is 1.85 bits per heavy atom. The zero-order valence-corrected chi connectivity index (χ0v) is 23.5. The maximum atomic E-state index is 13.7. The number of carbonyl (C=O) groups excluding carboxylic acids is 2. The van der Waals surface area contributed by atoms with Crippen LogP contribution in [0.2, 0.25) is 0 Å². The summed E-state index contributed by atoms with van der Waals surface area (Å²) in [4.78, 5) is 42.6. The number of nitrogens with one attached hydrogen (secondary N) is 3. The van der Waals surface area contributed by atoms with E-state index >= 15 is 0 Å². The van der Waals surface area contributed by atoms with Crippen LogP contribution in [-0.2, 0) is 29.0 Å². The molecule has 2 aromatic carbocycles. The monoisotopic (exact) mass is 549 g/mol. The number of aromatic nitrogens is 2. The minimum absolute atomic E-state index is 0.120. The fourth-order valence-electron chi connectivity index (χ4n) is 4.71. The molecule has 2 heterocycles. The van der Waals surface area contributed by atoms with Crippen LogP contribution in [0.4, 0.5) is 15.0 Å². The lowest BCUT2D eigenvalue weighted by molar-refractivity contribution is -0.124. The predicted molar refractivity (Wildman–Crippen MR) is 150 cm³/mol. The topological polar surface area (TPSA) is 114 Å². The third-order valence-electron chi connectivity index (χ3n) is 6.60. The molecule has 9 nitrogen and oxygen atoms in total. The van der Waals surface area contributed by atoms with Crippen molar-refractivity contribution in [2.45, 2.75) is 78.2 Å². The molecular weight excluding hydrogens is 513 g/mol. The number of carbonyl (C=O) groups is 2. The first-order valence-corrected chi connectivity index (χ1v) is 13.4. The summed E-state index contributed by atoms with van der Waals surface area (Å²) >= 11 is 0. The maximum Gasteiger partial charge on any atom is 0.408 e. The Kier molecular flexibility index (Phi) is 8.56. The molecule has 0 unspecified atom stereocenters. The molecule has 0 saturated carbocycles. The largest absolute Gasteiger partial charge is 0.444 e. The van der Waals surface area contributed by atoms with Crippen molar-refractivity contribution in [3.8, 4) is 0 Å². The van der Waals surface area contributed by atoms with Gasteiger partial charge >= 0.3 is 6.09 Å². The highest BCUT2D eigenvalue weighted by atomic mass is 19.1. The molecule has 1 aromatic heterocycles. The zero-order valence-electron chi connectivity index (χ0n) is 23.5. The van der Waals surface area contributed by atoms with Crippen molar-refractivity contribution in [1.82, 2.24) is 20.2 Å². The highest BCUT2D eigenvalue weighted by Crippen LogP contribution is 2.24. The van der Waals surface area contributed by atoms with Crippen LogP contribution in [0.25, 0.3) is 0 Å². The van der Waals surface area contributed by atoms with E-state index in [0.717, 1.165) is 16.7 Å². The van der Waals surface area contributed by atoms with Gasteiger partial charge in [0.1, 0.15) is 17.5 Å². The Morgan fingerprint density at radius 3 is 2.52 bits per heavy atom. The molecule has 3 aromatic rings. The summed E-state index contributed by atoms with van der Waals surface area (Å²) in [5, 5.41) is 8.74. The molecule has 212 valence electrons. The number of hydrogen-bond donors (Lipinski definition) is 3. The first kappa shape index (κ1) is 28.8. The SMILES string of the molecule is Cc1cc(F)cc(CNc2ncc3n(c2=O)[C@H](C(=O)NCc2ccc([C@@H](C)NC(=O)OC(C)(C)C)cc2)CC3)c1. The number of nitrogens with zero attached hydrogens (tertiary/aromatic N) is 2. The summed E-state index contributed by atoms with van der Waals surface area (Å²) in [7, 11) is 0. The van der Waals surface area contributed by atoms with Crippen molar-refractivity contribution in [3.05, 3.63) is 92.8 Å². The number of ether oxygens (including phenoxy) is 1. The molecule has 4 rings (SSSR count). The van der Waals surface area contributed by atoms with Crippen molar-refractivity contribution in [3.63, 3.8) is 0 Å². The number of benzene rings is 2. The van der Waals surface area contributed by atoms with Gasteiger partial charge in [-0.1, -0.05) is 30.3 Å². The number of anilines is 1. The lowest BCUT2D eigenvalue weighted by Crippen LogP contribution is -2.36. The Hall–Kier alpha value is -4.21. The summed E-state index contributed by atoms with van der Waals surface area (Å²) in [6, 6.07) is 11.4. The van der Waals surface area contributed by atoms with Gasteiger partial charge in [0.2, 0.25) is 5.91 Å². The normalized spacial score (nSPS) is 15.2. The van der Waals surface area contributed by atoms with E-state index in [1.54, 1.807) is 13.1 Å². The van der Waals surface area contributed by atoms with Gasteiger partial charge < -0.3 is 20.7 Å². The summed E-state index contributed by atoms with van der Waals surface area (Å²) in [5.41, 5.74) is 3.02. The maximum absolute atomic E-state index is 13.7. The third-order valence-corrected chi connectivity index (χ3v) is 6.60. The van der Waals surface area contributed by atoms with Crippen LogP contribution in [0.5, 0.6) is 0 Å². The van der Waals surface area contributed by atoms with Crippen molar-refractivity contribution >= 4 is 17.8 Å². The van der Waals surface area contributed by atoms with Crippen LogP contribution < -0.4 is 21.5 Å². The number of rotatable bonds is 8. The van der Waals surface area contributed by atoms with Crippen LogP contribution in [0.3, 0.4) is 0 Å². The fourth-order valence-corrected chi connectivity index (χ4v) is 4.71. The summed E-state index contributed by atoms with van der Waals surface area (Å²) in [5.74, 6) is -0.466. The van der Waals surface area contributed by atoms with Gasteiger partial charge in [0.15, 0.2) is 5.82 Å². The van der Waals surface area contributed by atoms with Crippen molar-refractivity contribution in [2.75, 3.05) is 5.32 Å². The molecule has 0 saturated heterocycles. The van der Waals surface area contributed by atoms with E-state index in [9.17, 15) is 18.8 Å². The second-order valence-corrected chi connectivity index (χ2v) is 11.1. The average molecular weight is 550 g/mol. The lowest BCUT2D eigenvalue weighted by atomic mass is 10.1. The van der Waals surface area contributed by atoms with Crippen molar-refractivity contribution < 1.29 is 18.7 Å². The van der Waals surface area contributed by atoms with E-state index in [1.807, 2.05) is 58.0 Å². The van der Waals surface area contributed by atoms with E-state index in [2.05, 4.69) is 20.9 Å². The van der Waals surface area contributed by atoms with Gasteiger partial charge in [-0.2, -0.15) is 0 Å².